The second kappa shape index (κ2) is 4.75. The second-order valence-electron chi connectivity index (χ2n) is 4.98. The average molecular weight is 290 g/mol. The predicted molar refractivity (Wildman–Crippen MR) is 72.5 cm³/mol. The number of phenolic OH excluding ortho intramolecular Hbond substituents is 4. The minimum absolute atomic E-state index is 0.173. The summed E-state index contributed by atoms with van der Waals surface area (Å²) in [5, 5.41) is 48.3. The zero-order chi connectivity index (χ0) is 15.1. The molecule has 1 heterocycles. The molecule has 0 fully saturated rings. The molecule has 2 unspecified atom stereocenters. The molecule has 6 nitrogen and oxygen atoms in total. The fraction of sp³-hybridized carbons (Fsp3) is 0.200. The topological polar surface area (TPSA) is 110 Å². The summed E-state index contributed by atoms with van der Waals surface area (Å²) in [6, 6.07) is 6.69. The van der Waals surface area contributed by atoms with Crippen molar-refractivity contribution in [2.24, 2.45) is 0 Å². The molecule has 3 rings (SSSR count). The number of aliphatic hydroxyl groups excluding tert-OH is 1. The van der Waals surface area contributed by atoms with Crippen LogP contribution in [0.15, 0.2) is 30.3 Å². The third-order valence-electron chi connectivity index (χ3n) is 3.52. The SMILES string of the molecule is Oc1cc(O)c2c(c1)OC(c1ccc(O)c(O)c1)CC2O. The van der Waals surface area contributed by atoms with E-state index in [1.54, 1.807) is 6.07 Å². The van der Waals surface area contributed by atoms with Crippen molar-refractivity contribution < 1.29 is 30.3 Å². The van der Waals surface area contributed by atoms with Crippen molar-refractivity contribution in [2.45, 2.75) is 18.6 Å². The molecule has 1 aliphatic heterocycles. The Morgan fingerprint density at radius 1 is 0.905 bits per heavy atom. The van der Waals surface area contributed by atoms with Crippen molar-refractivity contribution in [2.75, 3.05) is 0 Å². The molecule has 1 aliphatic rings. The summed E-state index contributed by atoms with van der Waals surface area (Å²) in [4.78, 5) is 0. The van der Waals surface area contributed by atoms with Gasteiger partial charge >= 0.3 is 0 Å². The van der Waals surface area contributed by atoms with Crippen LogP contribution >= 0.6 is 0 Å². The third kappa shape index (κ3) is 2.30. The maximum absolute atomic E-state index is 10.2. The Morgan fingerprint density at radius 3 is 2.38 bits per heavy atom. The lowest BCUT2D eigenvalue weighted by molar-refractivity contribution is 0.0630. The molecule has 0 spiro atoms. The van der Waals surface area contributed by atoms with Gasteiger partial charge in [-0.25, -0.2) is 0 Å². The molecule has 0 bridgehead atoms. The third-order valence-corrected chi connectivity index (χ3v) is 3.52. The Morgan fingerprint density at radius 2 is 1.67 bits per heavy atom. The molecule has 110 valence electrons. The fourth-order valence-electron chi connectivity index (χ4n) is 2.50. The Balaban J connectivity index is 1.99. The summed E-state index contributed by atoms with van der Waals surface area (Å²) >= 11 is 0. The van der Waals surface area contributed by atoms with Crippen LogP contribution in [0.2, 0.25) is 0 Å². The molecular formula is C15H14O6. The van der Waals surface area contributed by atoms with Crippen LogP contribution in [-0.2, 0) is 0 Å². The van der Waals surface area contributed by atoms with Gasteiger partial charge < -0.3 is 30.3 Å². The standard InChI is InChI=1S/C15H14O6/c16-8-4-11(19)15-12(20)6-13(21-14(15)5-8)7-1-2-9(17)10(18)3-7/h1-5,12-13,16-20H,6H2. The van der Waals surface area contributed by atoms with Gasteiger partial charge in [0.15, 0.2) is 11.5 Å². The minimum Gasteiger partial charge on any atom is -0.508 e. The second-order valence-corrected chi connectivity index (χ2v) is 4.98. The molecule has 0 saturated heterocycles. The van der Waals surface area contributed by atoms with Crippen LogP contribution in [0.25, 0.3) is 0 Å². The van der Waals surface area contributed by atoms with Crippen LogP contribution in [-0.4, -0.2) is 25.5 Å². The van der Waals surface area contributed by atoms with Crippen molar-refractivity contribution in [1.29, 1.82) is 0 Å². The Bertz CT molecular complexity index is 697. The zero-order valence-electron chi connectivity index (χ0n) is 10.9. The monoisotopic (exact) mass is 290 g/mol. The molecule has 0 radical (unpaired) electrons. The van der Waals surface area contributed by atoms with Crippen molar-refractivity contribution in [3.8, 4) is 28.7 Å². The van der Waals surface area contributed by atoms with Gasteiger partial charge in [0, 0.05) is 18.6 Å². The van der Waals surface area contributed by atoms with Gasteiger partial charge in [-0.15, -0.1) is 0 Å². The van der Waals surface area contributed by atoms with E-state index in [4.69, 9.17) is 4.74 Å². The lowest BCUT2D eigenvalue weighted by atomic mass is 9.94. The fourth-order valence-corrected chi connectivity index (χ4v) is 2.50. The highest BCUT2D eigenvalue weighted by molar-refractivity contribution is 5.52. The number of rotatable bonds is 1. The van der Waals surface area contributed by atoms with Crippen LogP contribution < -0.4 is 4.74 Å². The maximum atomic E-state index is 10.2. The molecule has 21 heavy (non-hydrogen) atoms. The van der Waals surface area contributed by atoms with E-state index < -0.39 is 12.2 Å². The van der Waals surface area contributed by atoms with Crippen LogP contribution in [0.3, 0.4) is 0 Å². The van der Waals surface area contributed by atoms with Crippen molar-refractivity contribution in [3.05, 3.63) is 41.5 Å². The first-order valence-electron chi connectivity index (χ1n) is 6.38. The van der Waals surface area contributed by atoms with Crippen LogP contribution in [0.1, 0.15) is 29.8 Å². The summed E-state index contributed by atoms with van der Waals surface area (Å²) in [5.41, 5.74) is 0.796. The number of benzene rings is 2. The number of hydrogen-bond donors (Lipinski definition) is 5. The first-order valence-corrected chi connectivity index (χ1v) is 6.38. The van der Waals surface area contributed by atoms with Gasteiger partial charge in [-0.05, 0) is 17.7 Å². The van der Waals surface area contributed by atoms with Gasteiger partial charge in [-0.1, -0.05) is 6.07 Å². The van der Waals surface area contributed by atoms with Gasteiger partial charge in [-0.3, -0.25) is 0 Å². The molecule has 0 aliphatic carbocycles. The molecule has 2 atom stereocenters. The lowest BCUT2D eigenvalue weighted by Gasteiger charge is -2.30. The number of ether oxygens (including phenoxy) is 1. The quantitative estimate of drug-likeness (QED) is 0.514. The highest BCUT2D eigenvalue weighted by Crippen LogP contribution is 2.47. The summed E-state index contributed by atoms with van der Waals surface area (Å²) in [5.74, 6) is -0.748. The first-order chi connectivity index (χ1) is 9.95. The molecule has 2 aromatic rings. The molecule has 0 aromatic heterocycles. The normalized spacial score (nSPS) is 20.6. The van der Waals surface area contributed by atoms with Crippen molar-refractivity contribution in [1.82, 2.24) is 0 Å². The van der Waals surface area contributed by atoms with Gasteiger partial charge in [0.05, 0.1) is 11.7 Å². The predicted octanol–water partition coefficient (Wildman–Crippen LogP) is 2.07. The highest BCUT2D eigenvalue weighted by Gasteiger charge is 2.31. The molecule has 0 saturated carbocycles. The Kier molecular flexibility index (Phi) is 3.03. The average Bonchev–Trinajstić information content (AvgIpc) is 2.40. The lowest BCUT2D eigenvalue weighted by Crippen LogP contribution is -2.19. The largest absolute Gasteiger partial charge is 0.508 e. The minimum atomic E-state index is -0.963. The number of phenols is 4. The van der Waals surface area contributed by atoms with E-state index in [1.165, 1.54) is 18.2 Å². The number of fused-ring (bicyclic) bond motifs is 1. The van der Waals surface area contributed by atoms with E-state index in [0.717, 1.165) is 6.07 Å². The Hall–Kier alpha value is -2.60. The van der Waals surface area contributed by atoms with E-state index in [-0.39, 0.29) is 40.7 Å². The molecule has 6 heteroatoms. The van der Waals surface area contributed by atoms with Crippen molar-refractivity contribution in [3.63, 3.8) is 0 Å². The zero-order valence-corrected chi connectivity index (χ0v) is 10.9. The number of aliphatic hydroxyl groups is 1. The highest BCUT2D eigenvalue weighted by atomic mass is 16.5. The Labute approximate surface area is 120 Å². The van der Waals surface area contributed by atoms with E-state index >= 15 is 0 Å². The van der Waals surface area contributed by atoms with E-state index in [9.17, 15) is 25.5 Å². The van der Waals surface area contributed by atoms with E-state index in [0.29, 0.717) is 5.56 Å². The van der Waals surface area contributed by atoms with E-state index in [2.05, 4.69) is 0 Å². The van der Waals surface area contributed by atoms with Gasteiger partial charge in [0.1, 0.15) is 23.4 Å². The van der Waals surface area contributed by atoms with Crippen LogP contribution in [0.4, 0.5) is 0 Å². The first kappa shape index (κ1) is 13.4. The van der Waals surface area contributed by atoms with E-state index in [1.807, 2.05) is 0 Å². The molecular weight excluding hydrogens is 276 g/mol. The van der Waals surface area contributed by atoms with Gasteiger partial charge in [0.25, 0.3) is 0 Å². The molecule has 2 aromatic carbocycles. The smallest absolute Gasteiger partial charge is 0.157 e. The summed E-state index contributed by atoms with van der Waals surface area (Å²) in [7, 11) is 0. The number of aromatic hydroxyl groups is 4. The van der Waals surface area contributed by atoms with Gasteiger partial charge in [0.2, 0.25) is 0 Å². The van der Waals surface area contributed by atoms with Crippen LogP contribution in [0, 0.1) is 0 Å². The van der Waals surface area contributed by atoms with Crippen molar-refractivity contribution >= 4 is 0 Å². The molecule has 5 N–H and O–H groups in total. The molecule has 0 amide bonds. The summed E-state index contributed by atoms with van der Waals surface area (Å²) in [6.07, 6.45) is -1.36. The van der Waals surface area contributed by atoms with Gasteiger partial charge in [-0.2, -0.15) is 0 Å². The maximum Gasteiger partial charge on any atom is 0.157 e. The summed E-state index contributed by atoms with van der Waals surface area (Å²) < 4.78 is 5.67. The number of hydrogen-bond acceptors (Lipinski definition) is 6. The summed E-state index contributed by atoms with van der Waals surface area (Å²) in [6.45, 7) is 0. The van der Waals surface area contributed by atoms with Crippen LogP contribution in [0.5, 0.6) is 28.7 Å².